The van der Waals surface area contributed by atoms with E-state index in [9.17, 15) is 0 Å². The minimum atomic E-state index is 0.0803. The lowest BCUT2D eigenvalue weighted by Gasteiger charge is -2.23. The van der Waals surface area contributed by atoms with Crippen molar-refractivity contribution in [1.29, 1.82) is 0 Å². The fraction of sp³-hybridized carbons (Fsp3) is 0.286. The number of aromatic amines is 1. The van der Waals surface area contributed by atoms with Crippen LogP contribution in [0.4, 0.5) is 0 Å². The van der Waals surface area contributed by atoms with Gasteiger partial charge in [-0.3, -0.25) is 4.98 Å². The molecule has 98 valence electrons. The second kappa shape index (κ2) is 4.66. The van der Waals surface area contributed by atoms with Crippen LogP contribution in [0.5, 0.6) is 0 Å². The number of H-pyrrole nitrogens is 1. The molecule has 0 spiro atoms. The first-order chi connectivity index (χ1) is 9.16. The van der Waals surface area contributed by atoms with E-state index in [-0.39, 0.29) is 12.1 Å². The van der Waals surface area contributed by atoms with E-state index in [1.807, 2.05) is 31.4 Å². The van der Waals surface area contributed by atoms with Crippen LogP contribution in [0.15, 0.2) is 36.5 Å². The SMILES string of the molecule is Cc1ccc([C@@H]2[C@@H](c3ccccn3)NC(=S)N2C)[nH]1. The van der Waals surface area contributed by atoms with Crippen molar-refractivity contribution in [3.8, 4) is 0 Å². The smallest absolute Gasteiger partial charge is 0.169 e. The number of aromatic nitrogens is 2. The Morgan fingerprint density at radius 1 is 1.26 bits per heavy atom. The maximum atomic E-state index is 5.38. The van der Waals surface area contributed by atoms with E-state index in [0.717, 1.165) is 22.2 Å². The summed E-state index contributed by atoms with van der Waals surface area (Å²) < 4.78 is 0. The molecule has 4 nitrogen and oxygen atoms in total. The maximum Gasteiger partial charge on any atom is 0.169 e. The molecule has 2 atom stereocenters. The van der Waals surface area contributed by atoms with Gasteiger partial charge in [0.1, 0.15) is 0 Å². The van der Waals surface area contributed by atoms with Gasteiger partial charge in [-0.1, -0.05) is 6.07 Å². The largest absolute Gasteiger partial charge is 0.361 e. The summed E-state index contributed by atoms with van der Waals surface area (Å²) in [6.07, 6.45) is 1.81. The van der Waals surface area contributed by atoms with Gasteiger partial charge in [0, 0.05) is 24.6 Å². The second-order valence-corrected chi connectivity index (χ2v) is 5.22. The van der Waals surface area contributed by atoms with Crippen molar-refractivity contribution < 1.29 is 0 Å². The summed E-state index contributed by atoms with van der Waals surface area (Å²) in [5.41, 5.74) is 3.32. The molecule has 1 saturated heterocycles. The van der Waals surface area contributed by atoms with E-state index in [2.05, 4.69) is 39.2 Å². The highest BCUT2D eigenvalue weighted by Gasteiger charge is 2.38. The Kier molecular flexibility index (Phi) is 2.98. The molecule has 1 aliphatic heterocycles. The summed E-state index contributed by atoms with van der Waals surface area (Å²) in [7, 11) is 2.01. The third-order valence-corrected chi connectivity index (χ3v) is 3.92. The summed E-state index contributed by atoms with van der Waals surface area (Å²) >= 11 is 5.38. The number of hydrogen-bond donors (Lipinski definition) is 2. The number of aryl methyl sites for hydroxylation is 1. The van der Waals surface area contributed by atoms with Gasteiger partial charge in [-0.05, 0) is 43.4 Å². The van der Waals surface area contributed by atoms with Gasteiger partial charge in [0.2, 0.25) is 0 Å². The fourth-order valence-corrected chi connectivity index (χ4v) is 2.79. The number of likely N-dealkylation sites (N-methyl/N-ethyl adjacent to an activating group) is 1. The molecular formula is C14H16N4S. The van der Waals surface area contributed by atoms with Crippen LogP contribution >= 0.6 is 12.2 Å². The molecule has 3 rings (SSSR count). The van der Waals surface area contributed by atoms with Crippen molar-refractivity contribution in [2.24, 2.45) is 0 Å². The van der Waals surface area contributed by atoms with E-state index in [4.69, 9.17) is 12.2 Å². The van der Waals surface area contributed by atoms with Crippen molar-refractivity contribution in [2.45, 2.75) is 19.0 Å². The summed E-state index contributed by atoms with van der Waals surface area (Å²) in [6.45, 7) is 2.06. The molecular weight excluding hydrogens is 256 g/mol. The average Bonchev–Trinajstić information content (AvgIpc) is 2.96. The van der Waals surface area contributed by atoms with Gasteiger partial charge in [-0.15, -0.1) is 0 Å². The van der Waals surface area contributed by atoms with Crippen molar-refractivity contribution in [2.75, 3.05) is 7.05 Å². The van der Waals surface area contributed by atoms with Crippen molar-refractivity contribution in [3.63, 3.8) is 0 Å². The molecule has 19 heavy (non-hydrogen) atoms. The van der Waals surface area contributed by atoms with Crippen molar-refractivity contribution >= 4 is 17.3 Å². The topological polar surface area (TPSA) is 44.0 Å². The molecule has 0 bridgehead atoms. The Labute approximate surface area is 117 Å². The molecule has 0 unspecified atom stereocenters. The van der Waals surface area contributed by atoms with Crippen LogP contribution in [0.3, 0.4) is 0 Å². The number of thiocarbonyl (C=S) groups is 1. The predicted octanol–water partition coefficient (Wildman–Crippen LogP) is 2.32. The van der Waals surface area contributed by atoms with Crippen LogP contribution in [0.25, 0.3) is 0 Å². The van der Waals surface area contributed by atoms with E-state index in [0.29, 0.717) is 0 Å². The van der Waals surface area contributed by atoms with Crippen molar-refractivity contribution in [1.82, 2.24) is 20.2 Å². The van der Waals surface area contributed by atoms with E-state index in [1.165, 1.54) is 0 Å². The highest BCUT2D eigenvalue weighted by molar-refractivity contribution is 7.80. The van der Waals surface area contributed by atoms with Gasteiger partial charge in [-0.2, -0.15) is 0 Å². The standard InChI is InChI=1S/C14H16N4S/c1-9-6-7-11(16-9)13-12(17-14(19)18(13)2)10-5-3-4-8-15-10/h3-8,12-13,16H,1-2H3,(H,17,19)/t12-,13-/m1/s1. The number of nitrogens with zero attached hydrogens (tertiary/aromatic N) is 2. The summed E-state index contributed by atoms with van der Waals surface area (Å²) in [6, 6.07) is 10.4. The quantitative estimate of drug-likeness (QED) is 0.824. The van der Waals surface area contributed by atoms with Gasteiger partial charge < -0.3 is 15.2 Å². The van der Waals surface area contributed by atoms with Crippen LogP contribution in [0, 0.1) is 6.92 Å². The Morgan fingerprint density at radius 3 is 2.74 bits per heavy atom. The first-order valence-electron chi connectivity index (χ1n) is 6.26. The van der Waals surface area contributed by atoms with Gasteiger partial charge >= 0.3 is 0 Å². The minimum Gasteiger partial charge on any atom is -0.361 e. The monoisotopic (exact) mass is 272 g/mol. The first-order valence-corrected chi connectivity index (χ1v) is 6.67. The molecule has 2 N–H and O–H groups in total. The van der Waals surface area contributed by atoms with Crippen LogP contribution in [-0.4, -0.2) is 27.0 Å². The fourth-order valence-electron chi connectivity index (χ4n) is 2.55. The highest BCUT2D eigenvalue weighted by atomic mass is 32.1. The van der Waals surface area contributed by atoms with Gasteiger partial charge in [-0.25, -0.2) is 0 Å². The molecule has 0 aromatic carbocycles. The third-order valence-electron chi connectivity index (χ3n) is 3.51. The number of nitrogens with one attached hydrogen (secondary N) is 2. The minimum absolute atomic E-state index is 0.0803. The van der Waals surface area contributed by atoms with E-state index in [1.54, 1.807) is 0 Å². The lowest BCUT2D eigenvalue weighted by molar-refractivity contribution is 0.361. The van der Waals surface area contributed by atoms with E-state index >= 15 is 0 Å². The van der Waals surface area contributed by atoms with Crippen LogP contribution in [0.1, 0.15) is 29.2 Å². The van der Waals surface area contributed by atoms with Crippen LogP contribution in [0.2, 0.25) is 0 Å². The van der Waals surface area contributed by atoms with E-state index < -0.39 is 0 Å². The Hall–Kier alpha value is -1.88. The molecule has 5 heteroatoms. The summed E-state index contributed by atoms with van der Waals surface area (Å²) in [4.78, 5) is 9.93. The third kappa shape index (κ3) is 2.10. The Balaban J connectivity index is 2.01. The molecule has 3 heterocycles. The molecule has 2 aromatic heterocycles. The molecule has 0 radical (unpaired) electrons. The zero-order valence-electron chi connectivity index (χ0n) is 10.9. The summed E-state index contributed by atoms with van der Waals surface area (Å²) in [5.74, 6) is 0. The molecule has 0 amide bonds. The average molecular weight is 272 g/mol. The predicted molar refractivity (Wildman–Crippen MR) is 78.7 cm³/mol. The first kappa shape index (κ1) is 12.2. The Bertz CT molecular complexity index is 593. The van der Waals surface area contributed by atoms with Crippen molar-refractivity contribution in [3.05, 3.63) is 53.6 Å². The zero-order valence-corrected chi connectivity index (χ0v) is 11.7. The normalized spacial score (nSPS) is 22.6. The van der Waals surface area contributed by atoms with Gasteiger partial charge in [0.15, 0.2) is 5.11 Å². The lowest BCUT2D eigenvalue weighted by Crippen LogP contribution is -2.25. The molecule has 1 aliphatic rings. The molecule has 1 fully saturated rings. The molecule has 2 aromatic rings. The van der Waals surface area contributed by atoms with Crippen LogP contribution in [-0.2, 0) is 0 Å². The lowest BCUT2D eigenvalue weighted by atomic mass is 10.0. The number of rotatable bonds is 2. The number of hydrogen-bond acceptors (Lipinski definition) is 2. The molecule has 0 saturated carbocycles. The number of pyridine rings is 1. The second-order valence-electron chi connectivity index (χ2n) is 4.83. The van der Waals surface area contributed by atoms with Gasteiger partial charge in [0.05, 0.1) is 17.8 Å². The van der Waals surface area contributed by atoms with Crippen LogP contribution < -0.4 is 5.32 Å². The van der Waals surface area contributed by atoms with Gasteiger partial charge in [0.25, 0.3) is 0 Å². The zero-order chi connectivity index (χ0) is 13.4. The Morgan fingerprint density at radius 2 is 2.11 bits per heavy atom. The summed E-state index contributed by atoms with van der Waals surface area (Å²) in [5, 5.41) is 4.11. The maximum absolute atomic E-state index is 5.38. The highest BCUT2D eigenvalue weighted by Crippen LogP contribution is 2.36. The molecule has 0 aliphatic carbocycles.